The Labute approximate surface area is 166 Å². The van der Waals surface area contributed by atoms with Gasteiger partial charge in [-0.2, -0.15) is 0 Å². The first-order chi connectivity index (χ1) is 12.5. The Hall–Kier alpha value is -1.32. The average Bonchev–Trinajstić information content (AvgIpc) is 2.66. The van der Waals surface area contributed by atoms with Crippen molar-refractivity contribution >= 4 is 17.6 Å². The van der Waals surface area contributed by atoms with Crippen LogP contribution in [0.15, 0.2) is 42.0 Å². The second-order valence-electron chi connectivity index (χ2n) is 5.34. The minimum Gasteiger partial charge on any atom is -0.446 e. The summed E-state index contributed by atoms with van der Waals surface area (Å²) in [7, 11) is 0. The maximum Gasteiger partial charge on any atom is 0.304 e. The Morgan fingerprint density at radius 1 is 1.19 bits per heavy atom. The average molecular weight is 384 g/mol. The molecule has 0 fully saturated rings. The van der Waals surface area contributed by atoms with E-state index in [-0.39, 0.29) is 5.97 Å². The molecular formula is C22H38ClNO2. The monoisotopic (exact) mass is 383 g/mol. The van der Waals surface area contributed by atoms with Crippen molar-refractivity contribution in [3.63, 3.8) is 0 Å². The SMILES string of the molecule is CC.CC.CC(=O)OC(C)Cl.CCC1=CCN(Cc2ccccc2)CC1. The lowest BCUT2D eigenvalue weighted by molar-refractivity contribution is -0.142. The maximum absolute atomic E-state index is 9.95. The second-order valence-corrected chi connectivity index (χ2v) is 5.95. The highest BCUT2D eigenvalue weighted by Crippen LogP contribution is 2.15. The van der Waals surface area contributed by atoms with E-state index in [4.69, 9.17) is 11.6 Å². The van der Waals surface area contributed by atoms with Crippen molar-refractivity contribution in [2.45, 2.75) is 73.4 Å². The number of rotatable bonds is 4. The number of carbonyl (C=O) groups is 1. The van der Waals surface area contributed by atoms with Gasteiger partial charge >= 0.3 is 5.97 Å². The van der Waals surface area contributed by atoms with Crippen LogP contribution < -0.4 is 0 Å². The van der Waals surface area contributed by atoms with Crippen LogP contribution in [0.4, 0.5) is 0 Å². The lowest BCUT2D eigenvalue weighted by atomic mass is 10.1. The van der Waals surface area contributed by atoms with E-state index in [2.05, 4.69) is 53.0 Å². The van der Waals surface area contributed by atoms with Crippen LogP contribution in [0.1, 0.15) is 66.9 Å². The third-order valence-electron chi connectivity index (χ3n) is 3.42. The number of nitrogens with zero attached hydrogens (tertiary/aromatic N) is 1. The van der Waals surface area contributed by atoms with Crippen molar-refractivity contribution in [1.82, 2.24) is 4.90 Å². The Kier molecular flexibility index (Phi) is 19.1. The van der Waals surface area contributed by atoms with Gasteiger partial charge in [-0.05, 0) is 25.3 Å². The van der Waals surface area contributed by atoms with E-state index in [1.165, 1.54) is 31.9 Å². The minimum atomic E-state index is -0.502. The molecule has 0 radical (unpaired) electrons. The van der Waals surface area contributed by atoms with Gasteiger partial charge in [0.05, 0.1) is 0 Å². The summed E-state index contributed by atoms with van der Waals surface area (Å²) in [6, 6.07) is 10.7. The number of esters is 1. The molecule has 1 aliphatic rings. The van der Waals surface area contributed by atoms with Crippen LogP contribution in [0.2, 0.25) is 0 Å². The molecule has 1 aliphatic heterocycles. The number of carbonyl (C=O) groups excluding carboxylic acids is 1. The standard InChI is InChI=1S/C14H19N.C4H7ClO2.2C2H6/c1-2-13-8-10-15(11-9-13)12-14-6-4-3-5-7-14;1-3(5)7-4(2)6;2*1-2/h3-8H,2,9-12H2,1H3;3H,1-2H3;2*1-2H3. The molecule has 1 unspecified atom stereocenters. The fourth-order valence-electron chi connectivity index (χ4n) is 2.29. The molecule has 0 spiro atoms. The third kappa shape index (κ3) is 15.0. The molecule has 1 aromatic rings. The van der Waals surface area contributed by atoms with Crippen molar-refractivity contribution in [3.8, 4) is 0 Å². The zero-order chi connectivity index (χ0) is 20.4. The van der Waals surface area contributed by atoms with E-state index in [0.717, 1.165) is 13.1 Å². The molecule has 1 atom stereocenters. The Balaban J connectivity index is 0. The van der Waals surface area contributed by atoms with Gasteiger partial charge in [0.15, 0.2) is 5.56 Å². The van der Waals surface area contributed by atoms with Crippen molar-refractivity contribution in [3.05, 3.63) is 47.5 Å². The molecule has 3 nitrogen and oxygen atoms in total. The van der Waals surface area contributed by atoms with Gasteiger partial charge in [-0.25, -0.2) is 0 Å². The largest absolute Gasteiger partial charge is 0.446 e. The number of ether oxygens (including phenoxy) is 1. The summed E-state index contributed by atoms with van der Waals surface area (Å²) in [5, 5.41) is 0. The van der Waals surface area contributed by atoms with Crippen LogP contribution in [-0.2, 0) is 16.1 Å². The van der Waals surface area contributed by atoms with Gasteiger partial charge in [0.25, 0.3) is 0 Å². The number of alkyl halides is 1. The van der Waals surface area contributed by atoms with Crippen molar-refractivity contribution < 1.29 is 9.53 Å². The van der Waals surface area contributed by atoms with Gasteiger partial charge in [0.2, 0.25) is 0 Å². The normalized spacial score (nSPS) is 14.1. The molecule has 2 rings (SSSR count). The smallest absolute Gasteiger partial charge is 0.304 e. The number of hydrogen-bond donors (Lipinski definition) is 0. The van der Waals surface area contributed by atoms with Crippen molar-refractivity contribution in [1.29, 1.82) is 0 Å². The summed E-state index contributed by atoms with van der Waals surface area (Å²) in [6.07, 6.45) is 4.87. The van der Waals surface area contributed by atoms with Gasteiger partial charge in [0, 0.05) is 26.6 Å². The van der Waals surface area contributed by atoms with E-state index < -0.39 is 5.56 Å². The van der Waals surface area contributed by atoms with Gasteiger partial charge in [-0.3, -0.25) is 9.69 Å². The fourth-order valence-corrected chi connectivity index (χ4v) is 2.41. The topological polar surface area (TPSA) is 29.5 Å². The lowest BCUT2D eigenvalue weighted by Crippen LogP contribution is -2.28. The van der Waals surface area contributed by atoms with E-state index in [1.807, 2.05) is 27.7 Å². The first-order valence-corrected chi connectivity index (χ1v) is 10.2. The Morgan fingerprint density at radius 2 is 1.77 bits per heavy atom. The highest BCUT2D eigenvalue weighted by Gasteiger charge is 2.10. The summed E-state index contributed by atoms with van der Waals surface area (Å²) in [4.78, 5) is 12.5. The molecule has 1 aromatic carbocycles. The Morgan fingerprint density at radius 3 is 2.12 bits per heavy atom. The minimum absolute atomic E-state index is 0.345. The molecule has 150 valence electrons. The van der Waals surface area contributed by atoms with Gasteiger partial charge in [-0.1, -0.05) is 88.2 Å². The lowest BCUT2D eigenvalue weighted by Gasteiger charge is -2.25. The van der Waals surface area contributed by atoms with E-state index in [9.17, 15) is 4.79 Å². The first-order valence-electron chi connectivity index (χ1n) is 9.76. The zero-order valence-corrected chi connectivity index (χ0v) is 18.5. The molecule has 0 saturated heterocycles. The van der Waals surface area contributed by atoms with Crippen LogP contribution in [0.5, 0.6) is 0 Å². The number of benzene rings is 1. The van der Waals surface area contributed by atoms with Crippen LogP contribution in [0.3, 0.4) is 0 Å². The summed E-state index contributed by atoms with van der Waals surface area (Å²) in [5.74, 6) is -0.345. The predicted octanol–water partition coefficient (Wildman–Crippen LogP) is 6.42. The van der Waals surface area contributed by atoms with E-state index in [1.54, 1.807) is 12.5 Å². The fraction of sp³-hybridized carbons (Fsp3) is 0.591. The third-order valence-corrected chi connectivity index (χ3v) is 3.51. The maximum atomic E-state index is 9.95. The van der Waals surface area contributed by atoms with Crippen molar-refractivity contribution in [2.75, 3.05) is 13.1 Å². The summed E-state index contributed by atoms with van der Waals surface area (Å²) < 4.78 is 4.38. The summed E-state index contributed by atoms with van der Waals surface area (Å²) in [5.41, 5.74) is 2.54. The molecule has 26 heavy (non-hydrogen) atoms. The van der Waals surface area contributed by atoms with E-state index in [0.29, 0.717) is 0 Å². The van der Waals surface area contributed by atoms with E-state index >= 15 is 0 Å². The number of hydrogen-bond acceptors (Lipinski definition) is 3. The molecule has 4 heteroatoms. The predicted molar refractivity (Wildman–Crippen MR) is 114 cm³/mol. The highest BCUT2D eigenvalue weighted by atomic mass is 35.5. The van der Waals surface area contributed by atoms with Crippen LogP contribution in [0, 0.1) is 0 Å². The molecule has 0 saturated carbocycles. The molecule has 0 bridgehead atoms. The molecule has 0 aliphatic carbocycles. The highest BCUT2D eigenvalue weighted by molar-refractivity contribution is 6.19. The quantitative estimate of drug-likeness (QED) is 0.341. The van der Waals surface area contributed by atoms with Crippen molar-refractivity contribution in [2.24, 2.45) is 0 Å². The zero-order valence-electron chi connectivity index (χ0n) is 17.7. The molecule has 0 aromatic heterocycles. The summed E-state index contributed by atoms with van der Waals surface area (Å²) in [6.45, 7) is 16.6. The first kappa shape index (κ1) is 26.9. The van der Waals surface area contributed by atoms with Gasteiger partial charge in [-0.15, -0.1) is 0 Å². The molecule has 0 N–H and O–H groups in total. The van der Waals surface area contributed by atoms with Gasteiger partial charge < -0.3 is 4.74 Å². The van der Waals surface area contributed by atoms with Crippen LogP contribution in [0.25, 0.3) is 0 Å². The number of halogens is 1. The molecule has 0 amide bonds. The second kappa shape index (κ2) is 18.5. The molecular weight excluding hydrogens is 346 g/mol. The van der Waals surface area contributed by atoms with Gasteiger partial charge in [0.1, 0.15) is 0 Å². The van der Waals surface area contributed by atoms with Crippen LogP contribution in [-0.4, -0.2) is 29.5 Å². The van der Waals surface area contributed by atoms with Crippen LogP contribution >= 0.6 is 11.6 Å². The Bertz CT molecular complexity index is 472. The summed E-state index contributed by atoms with van der Waals surface area (Å²) >= 11 is 5.23. The molecule has 1 heterocycles.